The van der Waals surface area contributed by atoms with Gasteiger partial charge in [0.2, 0.25) is 0 Å². The van der Waals surface area contributed by atoms with Crippen molar-refractivity contribution in [3.63, 3.8) is 0 Å². The van der Waals surface area contributed by atoms with E-state index in [4.69, 9.17) is 4.42 Å². The van der Waals surface area contributed by atoms with E-state index in [1.807, 2.05) is 48.5 Å². The Balaban J connectivity index is 1.62. The fourth-order valence-corrected chi connectivity index (χ4v) is 2.99. The number of benzene rings is 2. The van der Waals surface area contributed by atoms with E-state index in [0.717, 1.165) is 21.5 Å². The number of aromatic amines is 1. The molecule has 0 bridgehead atoms. The summed E-state index contributed by atoms with van der Waals surface area (Å²) in [5.74, 6) is 0.704. The molecule has 4 rings (SSSR count). The van der Waals surface area contributed by atoms with Crippen molar-refractivity contribution in [2.75, 3.05) is 5.32 Å². The molecule has 0 aliphatic heterocycles. The first-order chi connectivity index (χ1) is 10.8. The molecule has 0 spiro atoms. The topological polar surface area (TPSA) is 70.9 Å². The summed E-state index contributed by atoms with van der Waals surface area (Å²) in [5.41, 5.74) is 2.63. The summed E-state index contributed by atoms with van der Waals surface area (Å²) in [6, 6.07) is 15.8. The van der Waals surface area contributed by atoms with Gasteiger partial charge in [0.05, 0.1) is 16.4 Å². The molecule has 0 radical (unpaired) electrons. The van der Waals surface area contributed by atoms with Crippen molar-refractivity contribution in [3.05, 3.63) is 64.4 Å². The molecule has 6 heteroatoms. The molecule has 4 aromatic rings. The third kappa shape index (κ3) is 2.40. The summed E-state index contributed by atoms with van der Waals surface area (Å²) in [6.07, 6.45) is 1.69. The van der Waals surface area contributed by atoms with Crippen LogP contribution in [0.4, 0.5) is 11.7 Å². The average Bonchev–Trinajstić information content (AvgIpc) is 3.13. The van der Waals surface area contributed by atoms with E-state index in [0.29, 0.717) is 11.8 Å². The molecule has 5 nitrogen and oxygen atoms in total. The van der Waals surface area contributed by atoms with E-state index in [1.54, 1.807) is 6.20 Å². The normalized spacial score (nSPS) is 10.9. The van der Waals surface area contributed by atoms with E-state index in [9.17, 15) is 4.79 Å². The lowest BCUT2D eigenvalue weighted by atomic mass is 10.2. The molecule has 0 aliphatic rings. The van der Waals surface area contributed by atoms with Gasteiger partial charge in [-0.15, -0.1) is 0 Å². The van der Waals surface area contributed by atoms with Gasteiger partial charge in [0.15, 0.2) is 5.76 Å². The minimum Gasteiger partial charge on any atom is -0.423 e. The van der Waals surface area contributed by atoms with Gasteiger partial charge < -0.3 is 14.7 Å². The number of fused-ring (bicyclic) bond motifs is 1. The maximum absolute atomic E-state index is 11.3. The Labute approximate surface area is 129 Å². The second-order valence-electron chi connectivity index (χ2n) is 4.75. The SMILES string of the molecule is O=c1[nH]c2ccc(Nc3ncc(-c4ccccc4)o3)cc2s1. The van der Waals surface area contributed by atoms with Gasteiger partial charge in [0.1, 0.15) is 0 Å². The zero-order valence-electron chi connectivity index (χ0n) is 11.4. The van der Waals surface area contributed by atoms with Gasteiger partial charge in [-0.1, -0.05) is 41.7 Å². The molecule has 22 heavy (non-hydrogen) atoms. The van der Waals surface area contributed by atoms with Crippen molar-refractivity contribution in [3.8, 4) is 11.3 Å². The highest BCUT2D eigenvalue weighted by atomic mass is 32.1. The van der Waals surface area contributed by atoms with Gasteiger partial charge in [-0.25, -0.2) is 4.98 Å². The van der Waals surface area contributed by atoms with Crippen molar-refractivity contribution >= 4 is 33.3 Å². The van der Waals surface area contributed by atoms with Crippen molar-refractivity contribution in [2.45, 2.75) is 0 Å². The van der Waals surface area contributed by atoms with Crippen LogP contribution in [0.5, 0.6) is 0 Å². The number of hydrogen-bond acceptors (Lipinski definition) is 5. The lowest BCUT2D eigenvalue weighted by molar-refractivity contribution is 0.592. The number of nitrogens with one attached hydrogen (secondary N) is 2. The van der Waals surface area contributed by atoms with Crippen molar-refractivity contribution in [2.24, 2.45) is 0 Å². The van der Waals surface area contributed by atoms with Crippen molar-refractivity contribution < 1.29 is 4.42 Å². The zero-order chi connectivity index (χ0) is 14.9. The Morgan fingerprint density at radius 1 is 1.14 bits per heavy atom. The molecule has 0 saturated heterocycles. The van der Waals surface area contributed by atoms with E-state index < -0.39 is 0 Å². The number of hydrogen-bond donors (Lipinski definition) is 2. The third-order valence-electron chi connectivity index (χ3n) is 3.24. The maximum Gasteiger partial charge on any atom is 0.305 e. The molecule has 108 valence electrons. The molecular weight excluding hydrogens is 298 g/mol. The summed E-state index contributed by atoms with van der Waals surface area (Å²) < 4.78 is 6.60. The van der Waals surface area contributed by atoms with Gasteiger partial charge in [-0.3, -0.25) is 4.79 Å². The van der Waals surface area contributed by atoms with Gasteiger partial charge >= 0.3 is 4.87 Å². The van der Waals surface area contributed by atoms with Gasteiger partial charge in [-0.05, 0) is 18.2 Å². The monoisotopic (exact) mass is 309 g/mol. The molecule has 0 aliphatic carbocycles. The highest BCUT2D eigenvalue weighted by Crippen LogP contribution is 2.26. The molecule has 0 unspecified atom stereocenters. The van der Waals surface area contributed by atoms with Crippen LogP contribution in [-0.2, 0) is 0 Å². The van der Waals surface area contributed by atoms with Crippen LogP contribution >= 0.6 is 11.3 Å². The number of oxazole rings is 1. The third-order valence-corrected chi connectivity index (χ3v) is 4.08. The predicted molar refractivity (Wildman–Crippen MR) is 87.7 cm³/mol. The molecular formula is C16H11N3O2S. The second kappa shape index (κ2) is 5.16. The van der Waals surface area contributed by atoms with Crippen LogP contribution in [0, 0.1) is 0 Å². The molecule has 0 saturated carbocycles. The number of H-pyrrole nitrogens is 1. The molecule has 2 N–H and O–H groups in total. The predicted octanol–water partition coefficient (Wildman–Crippen LogP) is 3.99. The van der Waals surface area contributed by atoms with Crippen LogP contribution in [0.3, 0.4) is 0 Å². The summed E-state index contributed by atoms with van der Waals surface area (Å²) >= 11 is 1.18. The quantitative estimate of drug-likeness (QED) is 0.600. The van der Waals surface area contributed by atoms with E-state index in [2.05, 4.69) is 15.3 Å². The van der Waals surface area contributed by atoms with Gasteiger partial charge in [-0.2, -0.15) is 0 Å². The largest absolute Gasteiger partial charge is 0.423 e. The number of thiazole rings is 1. The van der Waals surface area contributed by atoms with Crippen LogP contribution in [0.2, 0.25) is 0 Å². The minimum absolute atomic E-state index is 0.0605. The Morgan fingerprint density at radius 3 is 2.86 bits per heavy atom. The summed E-state index contributed by atoms with van der Waals surface area (Å²) in [7, 11) is 0. The number of rotatable bonds is 3. The number of aromatic nitrogens is 2. The molecule has 0 atom stereocenters. The van der Waals surface area contributed by atoms with E-state index in [-0.39, 0.29) is 4.87 Å². The Bertz CT molecular complexity index is 985. The highest BCUT2D eigenvalue weighted by Gasteiger charge is 2.07. The highest BCUT2D eigenvalue weighted by molar-refractivity contribution is 7.16. The molecule has 0 fully saturated rings. The minimum atomic E-state index is -0.0605. The smallest absolute Gasteiger partial charge is 0.305 e. The Hall–Kier alpha value is -2.86. The van der Waals surface area contributed by atoms with Crippen LogP contribution in [-0.4, -0.2) is 9.97 Å². The summed E-state index contributed by atoms with van der Waals surface area (Å²) in [6.45, 7) is 0. The lowest BCUT2D eigenvalue weighted by Gasteiger charge is -2.01. The van der Waals surface area contributed by atoms with Crippen LogP contribution in [0.15, 0.2) is 63.9 Å². The van der Waals surface area contributed by atoms with Gasteiger partial charge in [0, 0.05) is 11.3 Å². The second-order valence-corrected chi connectivity index (χ2v) is 5.76. The van der Waals surface area contributed by atoms with E-state index in [1.165, 1.54) is 11.3 Å². The molecule has 2 aromatic carbocycles. The van der Waals surface area contributed by atoms with Crippen LogP contribution in [0.1, 0.15) is 0 Å². The van der Waals surface area contributed by atoms with Crippen LogP contribution in [0.25, 0.3) is 21.5 Å². The summed E-state index contributed by atoms with van der Waals surface area (Å²) in [5, 5.41) is 3.11. The lowest BCUT2D eigenvalue weighted by Crippen LogP contribution is -1.90. The first-order valence-electron chi connectivity index (χ1n) is 6.69. The van der Waals surface area contributed by atoms with Crippen LogP contribution < -0.4 is 10.2 Å². The van der Waals surface area contributed by atoms with Gasteiger partial charge in [0.25, 0.3) is 6.01 Å². The number of anilines is 2. The van der Waals surface area contributed by atoms with E-state index >= 15 is 0 Å². The Kier molecular flexibility index (Phi) is 3.01. The van der Waals surface area contributed by atoms with Crippen molar-refractivity contribution in [1.29, 1.82) is 0 Å². The first kappa shape index (κ1) is 12.8. The standard InChI is InChI=1S/C16H11N3O2S/c20-16-19-12-7-6-11(8-14(12)22-16)18-15-17-9-13(21-15)10-4-2-1-3-5-10/h1-9H,(H,17,18)(H,19,20). The molecule has 2 aromatic heterocycles. The molecule has 0 amide bonds. The summed E-state index contributed by atoms with van der Waals surface area (Å²) in [4.78, 5) is 18.3. The molecule has 2 heterocycles. The Morgan fingerprint density at radius 2 is 2.00 bits per heavy atom. The fraction of sp³-hybridized carbons (Fsp3) is 0. The number of nitrogens with zero attached hydrogens (tertiary/aromatic N) is 1. The fourth-order valence-electron chi connectivity index (χ4n) is 2.21. The average molecular weight is 309 g/mol. The zero-order valence-corrected chi connectivity index (χ0v) is 12.2. The maximum atomic E-state index is 11.3. The first-order valence-corrected chi connectivity index (χ1v) is 7.51. The van der Waals surface area contributed by atoms with Crippen molar-refractivity contribution in [1.82, 2.24) is 9.97 Å².